The van der Waals surface area contributed by atoms with Crippen LogP contribution in [0.1, 0.15) is 45.2 Å². The number of nitrogens with zero attached hydrogens (tertiary/aromatic N) is 2. The lowest BCUT2D eigenvalue weighted by molar-refractivity contribution is 0.0224. The van der Waals surface area contributed by atoms with Crippen LogP contribution in [0.5, 0.6) is 0 Å². The average Bonchev–Trinajstić information content (AvgIpc) is 3.26. The Balaban J connectivity index is 1.98. The topological polar surface area (TPSA) is 64.2 Å². The van der Waals surface area contributed by atoms with Gasteiger partial charge in [-0.2, -0.15) is 5.12 Å². The summed E-state index contributed by atoms with van der Waals surface area (Å²) < 4.78 is 0. The summed E-state index contributed by atoms with van der Waals surface area (Å²) in [6, 6.07) is 4.77. The van der Waals surface area contributed by atoms with Gasteiger partial charge in [0.05, 0.1) is 0 Å². The molecule has 2 rings (SSSR count). The largest absolute Gasteiger partial charge is 0.304 e. The van der Waals surface area contributed by atoms with Gasteiger partial charge in [-0.15, -0.1) is 0 Å². The smallest absolute Gasteiger partial charge is 0.117 e. The lowest BCUT2D eigenvalue weighted by Crippen LogP contribution is -2.63. The molecule has 1 aliphatic rings. The molecule has 1 aliphatic carbocycles. The van der Waals surface area contributed by atoms with Crippen molar-refractivity contribution < 1.29 is 0 Å². The quantitative estimate of drug-likeness (QED) is 0.384. The molecule has 6 nitrogen and oxygen atoms in total. The van der Waals surface area contributed by atoms with Crippen LogP contribution < -0.4 is 21.5 Å². The van der Waals surface area contributed by atoms with Gasteiger partial charge >= 0.3 is 0 Å². The zero-order valence-electron chi connectivity index (χ0n) is 14.2. The third-order valence-corrected chi connectivity index (χ3v) is 4.24. The number of likely N-dealkylation sites (N-methyl/N-ethyl adjacent to an activating group) is 1. The van der Waals surface area contributed by atoms with Crippen molar-refractivity contribution in [2.45, 2.75) is 51.4 Å². The number of pyridine rings is 1. The number of rotatable bonds is 10. The monoisotopic (exact) mass is 306 g/mol. The number of nitrogens with one attached hydrogen (secondary N) is 4. The fourth-order valence-corrected chi connectivity index (χ4v) is 2.83. The van der Waals surface area contributed by atoms with E-state index in [-0.39, 0.29) is 11.7 Å². The molecule has 1 heterocycles. The third-order valence-electron chi connectivity index (χ3n) is 4.24. The first kappa shape index (κ1) is 17.3. The van der Waals surface area contributed by atoms with Gasteiger partial charge in [0, 0.05) is 44.0 Å². The van der Waals surface area contributed by atoms with E-state index in [4.69, 9.17) is 0 Å². The molecule has 6 heteroatoms. The minimum atomic E-state index is -0.0817. The summed E-state index contributed by atoms with van der Waals surface area (Å²) in [5, 5.41) is 9.32. The lowest BCUT2D eigenvalue weighted by atomic mass is 10.1. The van der Waals surface area contributed by atoms with Gasteiger partial charge in [0.25, 0.3) is 0 Å². The Morgan fingerprint density at radius 2 is 2.23 bits per heavy atom. The minimum Gasteiger partial charge on any atom is -0.304 e. The Morgan fingerprint density at radius 1 is 1.41 bits per heavy atom. The second-order valence-electron chi connectivity index (χ2n) is 5.86. The van der Waals surface area contributed by atoms with Gasteiger partial charge in [0.15, 0.2) is 0 Å². The molecule has 0 amide bonds. The molecule has 0 radical (unpaired) electrons. The van der Waals surface area contributed by atoms with Gasteiger partial charge in [-0.3, -0.25) is 10.3 Å². The van der Waals surface area contributed by atoms with Crippen LogP contribution in [0.25, 0.3) is 0 Å². The molecule has 3 atom stereocenters. The molecule has 0 spiro atoms. The van der Waals surface area contributed by atoms with Crippen LogP contribution in [0.4, 0.5) is 0 Å². The van der Waals surface area contributed by atoms with Crippen LogP contribution in [-0.2, 0) is 0 Å². The summed E-state index contributed by atoms with van der Waals surface area (Å²) in [5.74, 6) is 0. The highest BCUT2D eigenvalue weighted by molar-refractivity contribution is 5.18. The number of hydrogen-bond acceptors (Lipinski definition) is 6. The summed E-state index contributed by atoms with van der Waals surface area (Å²) in [4.78, 5) is 4.20. The second-order valence-corrected chi connectivity index (χ2v) is 5.86. The maximum Gasteiger partial charge on any atom is 0.117 e. The van der Waals surface area contributed by atoms with Crippen LogP contribution in [-0.4, -0.2) is 41.9 Å². The minimum absolute atomic E-state index is 0.0817. The first-order chi connectivity index (χ1) is 10.7. The standard InChI is InChI=1S/C16H30N6/c1-5-9-20-22(19-6-2)16(17-4)11-15(16)21-13(3)14-8-7-10-18-12-14/h7-8,10,12-13,15,17,19-21H,5-6,9,11H2,1-4H3/t13?,15?,16-/m0/s1. The third kappa shape index (κ3) is 3.83. The van der Waals surface area contributed by atoms with Crippen LogP contribution in [0.3, 0.4) is 0 Å². The van der Waals surface area contributed by atoms with E-state index in [1.807, 2.05) is 25.5 Å². The molecule has 0 saturated heterocycles. The van der Waals surface area contributed by atoms with E-state index in [1.165, 1.54) is 5.56 Å². The molecule has 4 N–H and O–H groups in total. The zero-order chi connectivity index (χ0) is 16.0. The Hall–Kier alpha value is -1.05. The van der Waals surface area contributed by atoms with E-state index < -0.39 is 0 Å². The van der Waals surface area contributed by atoms with Crippen molar-refractivity contribution in [2.24, 2.45) is 0 Å². The first-order valence-corrected chi connectivity index (χ1v) is 8.30. The van der Waals surface area contributed by atoms with Crippen molar-refractivity contribution >= 4 is 0 Å². The van der Waals surface area contributed by atoms with E-state index >= 15 is 0 Å². The molecule has 2 unspecified atom stereocenters. The predicted octanol–water partition coefficient (Wildman–Crippen LogP) is 1.16. The summed E-state index contributed by atoms with van der Waals surface area (Å²) in [6.45, 7) is 8.34. The number of hydrogen-bond donors (Lipinski definition) is 4. The van der Waals surface area contributed by atoms with Crippen molar-refractivity contribution in [3.8, 4) is 0 Å². The van der Waals surface area contributed by atoms with Crippen molar-refractivity contribution in [3.63, 3.8) is 0 Å². The lowest BCUT2D eigenvalue weighted by Gasteiger charge is -2.33. The van der Waals surface area contributed by atoms with Crippen molar-refractivity contribution in [3.05, 3.63) is 30.1 Å². The molecule has 1 aromatic heterocycles. The summed E-state index contributed by atoms with van der Waals surface area (Å²) >= 11 is 0. The van der Waals surface area contributed by atoms with Crippen molar-refractivity contribution in [1.29, 1.82) is 0 Å². The average molecular weight is 306 g/mol. The molecular weight excluding hydrogens is 276 g/mol. The Bertz CT molecular complexity index is 440. The van der Waals surface area contributed by atoms with Gasteiger partial charge in [-0.05, 0) is 32.0 Å². The maximum atomic E-state index is 4.20. The highest BCUT2D eigenvalue weighted by Gasteiger charge is 2.58. The van der Waals surface area contributed by atoms with E-state index in [9.17, 15) is 0 Å². The first-order valence-electron chi connectivity index (χ1n) is 8.30. The molecule has 22 heavy (non-hydrogen) atoms. The summed E-state index contributed by atoms with van der Waals surface area (Å²) in [5.41, 5.74) is 8.03. The van der Waals surface area contributed by atoms with Crippen molar-refractivity contribution in [1.82, 2.24) is 31.6 Å². The van der Waals surface area contributed by atoms with E-state index in [1.54, 1.807) is 0 Å². The molecule has 124 valence electrons. The normalized spacial score (nSPS) is 25.4. The fourth-order valence-electron chi connectivity index (χ4n) is 2.83. The van der Waals surface area contributed by atoms with Gasteiger partial charge in [-0.1, -0.05) is 19.9 Å². The van der Waals surface area contributed by atoms with Gasteiger partial charge in [-0.25, -0.2) is 10.9 Å². The van der Waals surface area contributed by atoms with E-state index in [0.717, 1.165) is 25.9 Å². The van der Waals surface area contributed by atoms with Crippen molar-refractivity contribution in [2.75, 3.05) is 20.1 Å². The van der Waals surface area contributed by atoms with Crippen LogP contribution in [0.15, 0.2) is 24.5 Å². The Labute approximate surface area is 134 Å². The molecule has 1 saturated carbocycles. The van der Waals surface area contributed by atoms with Gasteiger partial charge in [0.1, 0.15) is 5.66 Å². The molecule has 0 bridgehead atoms. The molecule has 1 fully saturated rings. The molecule has 1 aromatic rings. The number of aromatic nitrogens is 1. The Morgan fingerprint density at radius 3 is 2.82 bits per heavy atom. The Kier molecular flexibility index (Phi) is 6.28. The van der Waals surface area contributed by atoms with Crippen LogP contribution >= 0.6 is 0 Å². The molecular formula is C16H30N6. The zero-order valence-corrected chi connectivity index (χ0v) is 14.2. The van der Waals surface area contributed by atoms with E-state index in [2.05, 4.69) is 58.4 Å². The van der Waals surface area contributed by atoms with Gasteiger partial charge < -0.3 is 5.32 Å². The highest BCUT2D eigenvalue weighted by atomic mass is 15.8. The fraction of sp³-hybridized carbons (Fsp3) is 0.688. The SMILES string of the molecule is CCCNN(NCC)[C@@]1(NC)CC1NC(C)c1cccnc1. The summed E-state index contributed by atoms with van der Waals surface area (Å²) in [7, 11) is 2.02. The van der Waals surface area contributed by atoms with Gasteiger partial charge in [0.2, 0.25) is 0 Å². The predicted molar refractivity (Wildman–Crippen MR) is 89.8 cm³/mol. The highest BCUT2D eigenvalue weighted by Crippen LogP contribution is 2.38. The summed E-state index contributed by atoms with van der Waals surface area (Å²) in [6.07, 6.45) is 5.90. The number of hydrazine groups is 2. The molecule has 0 aliphatic heterocycles. The van der Waals surface area contributed by atoms with Crippen LogP contribution in [0.2, 0.25) is 0 Å². The second kappa shape index (κ2) is 7.99. The van der Waals surface area contributed by atoms with Crippen LogP contribution in [0, 0.1) is 0 Å². The van der Waals surface area contributed by atoms with E-state index in [0.29, 0.717) is 6.04 Å². The molecule has 0 aromatic carbocycles. The maximum absolute atomic E-state index is 4.20.